The molecule has 1 spiro atoms. The molecule has 5 nitrogen and oxygen atoms in total. The number of nitrogens with zero attached hydrogens (tertiary/aromatic N) is 2. The van der Waals surface area contributed by atoms with Gasteiger partial charge < -0.3 is 19.3 Å². The number of ether oxygens (including phenoxy) is 2. The molecule has 0 amide bonds. The van der Waals surface area contributed by atoms with E-state index in [1.165, 1.54) is 37.7 Å². The van der Waals surface area contributed by atoms with Crippen LogP contribution in [0.25, 0.3) is 0 Å². The van der Waals surface area contributed by atoms with Gasteiger partial charge in [-0.25, -0.2) is 4.79 Å². The molecule has 0 fully saturated rings. The summed E-state index contributed by atoms with van der Waals surface area (Å²) in [6, 6.07) is 31.2. The molecule has 0 bridgehead atoms. The molecule has 1 unspecified atom stereocenters. The molecule has 0 aliphatic carbocycles. The Balaban J connectivity index is 1.43. The molecular formula is C39H44N2O3. The molecule has 44 heavy (non-hydrogen) atoms. The van der Waals surface area contributed by atoms with Gasteiger partial charge in [-0.05, 0) is 62.2 Å². The Morgan fingerprint density at radius 1 is 0.636 bits per heavy atom. The minimum Gasteiger partial charge on any atom is -0.456 e. The van der Waals surface area contributed by atoms with E-state index >= 15 is 0 Å². The van der Waals surface area contributed by atoms with Crippen LogP contribution in [-0.4, -0.2) is 25.6 Å². The Morgan fingerprint density at radius 2 is 1.34 bits per heavy atom. The zero-order valence-electron chi connectivity index (χ0n) is 26.4. The number of benzene rings is 4. The molecule has 6 rings (SSSR count). The fourth-order valence-electron chi connectivity index (χ4n) is 6.82. The SMILES string of the molecule is CCCCCCCCN(Cc1ccccc1)c1ccc2c(c1)C1(OC(=O)c3ccccc31)c1ccc(N(CC)CC)cc1O2. The van der Waals surface area contributed by atoms with E-state index in [9.17, 15) is 4.79 Å². The molecule has 1 atom stereocenters. The lowest BCUT2D eigenvalue weighted by Crippen LogP contribution is -2.34. The van der Waals surface area contributed by atoms with Gasteiger partial charge in [0.15, 0.2) is 5.60 Å². The molecule has 0 saturated carbocycles. The van der Waals surface area contributed by atoms with Gasteiger partial charge in [0.1, 0.15) is 11.5 Å². The number of hydrogen-bond acceptors (Lipinski definition) is 5. The normalized spacial score (nSPS) is 16.1. The van der Waals surface area contributed by atoms with E-state index < -0.39 is 5.60 Å². The van der Waals surface area contributed by atoms with Crippen LogP contribution in [0, 0.1) is 0 Å². The van der Waals surface area contributed by atoms with E-state index in [-0.39, 0.29) is 5.97 Å². The molecule has 0 saturated heterocycles. The largest absolute Gasteiger partial charge is 0.456 e. The van der Waals surface area contributed by atoms with Gasteiger partial charge in [-0.15, -0.1) is 0 Å². The molecule has 4 aromatic carbocycles. The number of hydrogen-bond donors (Lipinski definition) is 0. The molecule has 2 aliphatic rings. The summed E-state index contributed by atoms with van der Waals surface area (Å²) in [7, 11) is 0. The van der Waals surface area contributed by atoms with Crippen molar-refractivity contribution in [1.29, 1.82) is 0 Å². The summed E-state index contributed by atoms with van der Waals surface area (Å²) in [5.74, 6) is 1.15. The Bertz CT molecular complexity index is 1600. The van der Waals surface area contributed by atoms with Crippen LogP contribution in [0.4, 0.5) is 11.4 Å². The van der Waals surface area contributed by atoms with Crippen LogP contribution >= 0.6 is 0 Å². The molecule has 0 N–H and O–H groups in total. The zero-order chi connectivity index (χ0) is 30.5. The van der Waals surface area contributed by atoms with Crippen molar-refractivity contribution in [3.05, 3.63) is 119 Å². The summed E-state index contributed by atoms with van der Waals surface area (Å²) in [6.07, 6.45) is 7.48. The molecule has 228 valence electrons. The Kier molecular flexibility index (Phi) is 8.92. The minimum atomic E-state index is -1.08. The van der Waals surface area contributed by atoms with E-state index in [2.05, 4.69) is 97.3 Å². The lowest BCUT2D eigenvalue weighted by molar-refractivity contribution is 0.0224. The molecule has 2 aliphatic heterocycles. The third kappa shape index (κ3) is 5.56. The number of esters is 1. The van der Waals surface area contributed by atoms with E-state index in [4.69, 9.17) is 9.47 Å². The number of unbranched alkanes of at least 4 members (excludes halogenated alkanes) is 5. The van der Waals surface area contributed by atoms with Gasteiger partial charge in [0.05, 0.1) is 5.56 Å². The number of fused-ring (bicyclic) bond motifs is 6. The zero-order valence-corrected chi connectivity index (χ0v) is 26.4. The maximum atomic E-state index is 13.5. The van der Waals surface area contributed by atoms with Crippen LogP contribution in [0.1, 0.15) is 91.9 Å². The number of rotatable bonds is 13. The first kappa shape index (κ1) is 29.8. The van der Waals surface area contributed by atoms with Gasteiger partial charge in [0.2, 0.25) is 0 Å². The summed E-state index contributed by atoms with van der Waals surface area (Å²) in [6.45, 7) is 10.1. The summed E-state index contributed by atoms with van der Waals surface area (Å²) in [4.78, 5) is 18.2. The fraction of sp³-hybridized carbons (Fsp3) is 0.359. The minimum absolute atomic E-state index is 0.300. The summed E-state index contributed by atoms with van der Waals surface area (Å²) in [5, 5.41) is 0. The first-order chi connectivity index (χ1) is 21.6. The number of anilines is 2. The molecule has 5 heteroatoms. The maximum Gasteiger partial charge on any atom is 0.340 e. The summed E-state index contributed by atoms with van der Waals surface area (Å²) >= 11 is 0. The highest BCUT2D eigenvalue weighted by atomic mass is 16.6. The second-order valence-electron chi connectivity index (χ2n) is 11.9. The van der Waals surface area contributed by atoms with Crippen molar-refractivity contribution < 1.29 is 14.3 Å². The highest BCUT2D eigenvalue weighted by Gasteiger charge is 2.53. The van der Waals surface area contributed by atoms with Crippen LogP contribution in [0.5, 0.6) is 11.5 Å². The molecular weight excluding hydrogens is 544 g/mol. The van der Waals surface area contributed by atoms with Gasteiger partial charge in [-0.1, -0.05) is 87.6 Å². The average molecular weight is 589 g/mol. The highest BCUT2D eigenvalue weighted by Crippen LogP contribution is 2.57. The van der Waals surface area contributed by atoms with Gasteiger partial charge >= 0.3 is 5.97 Å². The van der Waals surface area contributed by atoms with Crippen LogP contribution in [-0.2, 0) is 16.9 Å². The third-order valence-electron chi connectivity index (χ3n) is 9.17. The van der Waals surface area contributed by atoms with E-state index in [0.717, 1.165) is 72.2 Å². The highest BCUT2D eigenvalue weighted by molar-refractivity contribution is 5.97. The van der Waals surface area contributed by atoms with Crippen LogP contribution < -0.4 is 14.5 Å². The lowest BCUT2D eigenvalue weighted by Gasteiger charge is -2.38. The predicted molar refractivity (Wildman–Crippen MR) is 179 cm³/mol. The first-order valence-electron chi connectivity index (χ1n) is 16.4. The van der Waals surface area contributed by atoms with E-state index in [1.807, 2.05) is 24.3 Å². The van der Waals surface area contributed by atoms with Crippen molar-refractivity contribution in [2.24, 2.45) is 0 Å². The Hall–Kier alpha value is -4.25. The first-order valence-corrected chi connectivity index (χ1v) is 16.4. The Labute approximate surface area is 262 Å². The lowest BCUT2D eigenvalue weighted by atomic mass is 9.77. The van der Waals surface area contributed by atoms with Crippen molar-refractivity contribution >= 4 is 17.3 Å². The second kappa shape index (κ2) is 13.2. The summed E-state index contributed by atoms with van der Waals surface area (Å²) < 4.78 is 13.2. The average Bonchev–Trinajstić information content (AvgIpc) is 3.35. The van der Waals surface area contributed by atoms with Gasteiger partial charge in [-0.3, -0.25) is 0 Å². The van der Waals surface area contributed by atoms with Crippen LogP contribution in [0.15, 0.2) is 91.0 Å². The van der Waals surface area contributed by atoms with Gasteiger partial charge in [0.25, 0.3) is 0 Å². The van der Waals surface area contributed by atoms with Crippen LogP contribution in [0.3, 0.4) is 0 Å². The van der Waals surface area contributed by atoms with Crippen molar-refractivity contribution in [3.8, 4) is 11.5 Å². The fourth-order valence-corrected chi connectivity index (χ4v) is 6.82. The monoisotopic (exact) mass is 588 g/mol. The third-order valence-corrected chi connectivity index (χ3v) is 9.17. The second-order valence-corrected chi connectivity index (χ2v) is 11.9. The molecule has 0 radical (unpaired) electrons. The predicted octanol–water partition coefficient (Wildman–Crippen LogP) is 9.47. The van der Waals surface area contributed by atoms with Crippen LogP contribution in [0.2, 0.25) is 0 Å². The van der Waals surface area contributed by atoms with Gasteiger partial charge in [0, 0.05) is 60.3 Å². The number of carbonyl (C=O) groups is 1. The molecule has 0 aromatic heterocycles. The van der Waals surface area contributed by atoms with E-state index in [0.29, 0.717) is 5.56 Å². The maximum absolute atomic E-state index is 13.5. The quantitative estimate of drug-likeness (QED) is 0.115. The van der Waals surface area contributed by atoms with Crippen molar-refractivity contribution in [2.45, 2.75) is 71.4 Å². The smallest absolute Gasteiger partial charge is 0.340 e. The van der Waals surface area contributed by atoms with Crippen molar-refractivity contribution in [1.82, 2.24) is 0 Å². The molecule has 4 aromatic rings. The van der Waals surface area contributed by atoms with E-state index in [1.54, 1.807) is 0 Å². The summed E-state index contributed by atoms with van der Waals surface area (Å²) in [5.41, 5.74) is 5.61. The Morgan fingerprint density at radius 3 is 2.14 bits per heavy atom. The standard InChI is InChI=1S/C39H44N2O3/c1-4-7-8-9-10-16-25-41(28-29-17-12-11-13-18-29)30-22-24-36-35(26-30)39(33-20-15-14-19-32(33)38(42)44-39)34-23-21-31(27-37(34)43-36)40(5-2)6-3/h11-15,17-24,26-27H,4-10,16,25,28H2,1-3H3. The number of carbonyl (C=O) groups excluding carboxylic acids is 1. The van der Waals surface area contributed by atoms with Crippen molar-refractivity contribution in [2.75, 3.05) is 29.4 Å². The topological polar surface area (TPSA) is 42.0 Å². The van der Waals surface area contributed by atoms with Crippen molar-refractivity contribution in [3.63, 3.8) is 0 Å². The molecule has 2 heterocycles. The van der Waals surface area contributed by atoms with Gasteiger partial charge in [-0.2, -0.15) is 0 Å².